The lowest BCUT2D eigenvalue weighted by Crippen LogP contribution is -2.26. The summed E-state index contributed by atoms with van der Waals surface area (Å²) >= 11 is 0. The van der Waals surface area contributed by atoms with Gasteiger partial charge in [-0.25, -0.2) is 4.39 Å². The maximum Gasteiger partial charge on any atom is 0.165 e. The summed E-state index contributed by atoms with van der Waals surface area (Å²) in [5.74, 6) is -0.256. The summed E-state index contributed by atoms with van der Waals surface area (Å²) in [7, 11) is 0. The van der Waals surface area contributed by atoms with Crippen LogP contribution in [0.1, 0.15) is 25.3 Å². The molecule has 94 valence electrons. The van der Waals surface area contributed by atoms with Gasteiger partial charge in [-0.2, -0.15) is 0 Å². The number of nitrogens with zero attached hydrogens (tertiary/aromatic N) is 1. The first-order valence-corrected chi connectivity index (χ1v) is 6.35. The first-order valence-electron chi connectivity index (χ1n) is 6.35. The van der Waals surface area contributed by atoms with Crippen molar-refractivity contribution in [2.45, 2.75) is 26.2 Å². The third-order valence-electron chi connectivity index (χ3n) is 3.36. The van der Waals surface area contributed by atoms with E-state index in [1.54, 1.807) is 6.07 Å². The minimum absolute atomic E-state index is 0.263. The molecule has 1 aromatic carbocycles. The molecule has 1 fully saturated rings. The molecule has 1 heterocycles. The SMILES string of the molecule is CC(Cc1ccc(O)c(F)c1)CN1CCCC1. The van der Waals surface area contributed by atoms with Crippen molar-refractivity contribution in [3.8, 4) is 5.75 Å². The van der Waals surface area contributed by atoms with Crippen LogP contribution in [0.15, 0.2) is 18.2 Å². The van der Waals surface area contributed by atoms with Gasteiger partial charge < -0.3 is 10.0 Å². The zero-order valence-corrected chi connectivity index (χ0v) is 10.3. The van der Waals surface area contributed by atoms with Crippen LogP contribution in [0.4, 0.5) is 4.39 Å². The zero-order valence-electron chi connectivity index (χ0n) is 10.3. The first kappa shape index (κ1) is 12.4. The fourth-order valence-electron chi connectivity index (χ4n) is 2.55. The molecule has 0 spiro atoms. The molecule has 0 aromatic heterocycles. The van der Waals surface area contributed by atoms with Crippen LogP contribution in [0, 0.1) is 11.7 Å². The van der Waals surface area contributed by atoms with Gasteiger partial charge in [0.1, 0.15) is 0 Å². The van der Waals surface area contributed by atoms with Gasteiger partial charge in [0.25, 0.3) is 0 Å². The molecule has 0 radical (unpaired) electrons. The molecule has 1 aliphatic heterocycles. The number of phenols is 1. The molecule has 1 aliphatic rings. The maximum absolute atomic E-state index is 13.2. The molecular weight excluding hydrogens is 217 g/mol. The lowest BCUT2D eigenvalue weighted by Gasteiger charge is -2.20. The lowest BCUT2D eigenvalue weighted by molar-refractivity contribution is 0.287. The zero-order chi connectivity index (χ0) is 12.3. The second-order valence-electron chi connectivity index (χ2n) is 5.10. The third kappa shape index (κ3) is 3.43. The summed E-state index contributed by atoms with van der Waals surface area (Å²) in [6.45, 7) is 5.69. The van der Waals surface area contributed by atoms with E-state index in [-0.39, 0.29) is 5.75 Å². The van der Waals surface area contributed by atoms with E-state index in [1.165, 1.54) is 38.1 Å². The maximum atomic E-state index is 13.2. The van der Waals surface area contributed by atoms with E-state index >= 15 is 0 Å². The largest absolute Gasteiger partial charge is 0.505 e. The monoisotopic (exact) mass is 237 g/mol. The van der Waals surface area contributed by atoms with Gasteiger partial charge >= 0.3 is 0 Å². The Kier molecular flexibility index (Phi) is 4.00. The Balaban J connectivity index is 1.88. The van der Waals surface area contributed by atoms with Gasteiger partial charge in [-0.3, -0.25) is 0 Å². The number of hydrogen-bond acceptors (Lipinski definition) is 2. The number of hydrogen-bond donors (Lipinski definition) is 1. The number of halogens is 1. The van der Waals surface area contributed by atoms with Crippen LogP contribution in [0.3, 0.4) is 0 Å². The van der Waals surface area contributed by atoms with Crippen molar-refractivity contribution in [2.75, 3.05) is 19.6 Å². The minimum atomic E-state index is -0.518. The van der Waals surface area contributed by atoms with Gasteiger partial charge in [-0.15, -0.1) is 0 Å². The molecule has 0 aliphatic carbocycles. The number of phenolic OH excluding ortho intramolecular Hbond substituents is 1. The van der Waals surface area contributed by atoms with Crippen LogP contribution in [0.2, 0.25) is 0 Å². The molecule has 3 heteroatoms. The third-order valence-corrected chi connectivity index (χ3v) is 3.36. The summed E-state index contributed by atoms with van der Waals surface area (Å²) in [5.41, 5.74) is 0.965. The van der Waals surface area contributed by atoms with Crippen molar-refractivity contribution >= 4 is 0 Å². The fraction of sp³-hybridized carbons (Fsp3) is 0.571. The molecular formula is C14H20FNO. The molecule has 1 N–H and O–H groups in total. The van der Waals surface area contributed by atoms with E-state index in [0.717, 1.165) is 18.5 Å². The van der Waals surface area contributed by atoms with Gasteiger partial charge in [0, 0.05) is 6.54 Å². The molecule has 0 amide bonds. The van der Waals surface area contributed by atoms with Crippen molar-refractivity contribution in [3.63, 3.8) is 0 Å². The van der Waals surface area contributed by atoms with Crippen molar-refractivity contribution < 1.29 is 9.50 Å². The Hall–Kier alpha value is -1.09. The molecule has 1 aromatic rings. The highest BCUT2D eigenvalue weighted by atomic mass is 19.1. The topological polar surface area (TPSA) is 23.5 Å². The van der Waals surface area contributed by atoms with Gasteiger partial charge in [0.2, 0.25) is 0 Å². The molecule has 0 bridgehead atoms. The van der Waals surface area contributed by atoms with Crippen LogP contribution in [-0.4, -0.2) is 29.6 Å². The summed E-state index contributed by atoms with van der Waals surface area (Å²) in [6.07, 6.45) is 3.48. The van der Waals surface area contributed by atoms with E-state index in [4.69, 9.17) is 5.11 Å². The smallest absolute Gasteiger partial charge is 0.165 e. The summed E-state index contributed by atoms with van der Waals surface area (Å²) < 4.78 is 13.2. The lowest BCUT2D eigenvalue weighted by atomic mass is 10.0. The predicted molar refractivity (Wildman–Crippen MR) is 66.6 cm³/mol. The van der Waals surface area contributed by atoms with Crippen molar-refractivity contribution in [3.05, 3.63) is 29.6 Å². The Morgan fingerprint density at radius 1 is 1.35 bits per heavy atom. The quantitative estimate of drug-likeness (QED) is 0.870. The normalized spacial score (nSPS) is 18.5. The standard InChI is InChI=1S/C14H20FNO/c1-11(10-16-6-2-3-7-16)8-12-4-5-14(17)13(15)9-12/h4-5,9,11,17H,2-3,6-8,10H2,1H3. The second-order valence-corrected chi connectivity index (χ2v) is 5.10. The van der Waals surface area contributed by atoms with Gasteiger partial charge in [-0.1, -0.05) is 13.0 Å². The van der Waals surface area contributed by atoms with E-state index in [1.807, 2.05) is 0 Å². The van der Waals surface area contributed by atoms with E-state index in [2.05, 4.69) is 11.8 Å². The fourth-order valence-corrected chi connectivity index (χ4v) is 2.55. The molecule has 2 nitrogen and oxygen atoms in total. The summed E-state index contributed by atoms with van der Waals surface area (Å²) in [4.78, 5) is 2.47. The Morgan fingerprint density at radius 2 is 2.06 bits per heavy atom. The van der Waals surface area contributed by atoms with Gasteiger partial charge in [-0.05, 0) is 56.0 Å². The average Bonchev–Trinajstić information content (AvgIpc) is 2.76. The number of likely N-dealkylation sites (tertiary alicyclic amines) is 1. The average molecular weight is 237 g/mol. The minimum Gasteiger partial charge on any atom is -0.505 e. The molecule has 1 unspecified atom stereocenters. The molecule has 1 saturated heterocycles. The van der Waals surface area contributed by atoms with E-state index in [0.29, 0.717) is 5.92 Å². The Bertz CT molecular complexity index is 374. The van der Waals surface area contributed by atoms with Crippen LogP contribution < -0.4 is 0 Å². The molecule has 17 heavy (non-hydrogen) atoms. The number of benzene rings is 1. The van der Waals surface area contributed by atoms with Crippen molar-refractivity contribution in [2.24, 2.45) is 5.92 Å². The van der Waals surface area contributed by atoms with Crippen LogP contribution in [0.5, 0.6) is 5.75 Å². The van der Waals surface area contributed by atoms with Crippen molar-refractivity contribution in [1.29, 1.82) is 0 Å². The highest BCUT2D eigenvalue weighted by Crippen LogP contribution is 2.19. The number of aromatic hydroxyl groups is 1. The summed E-state index contributed by atoms with van der Waals surface area (Å²) in [6, 6.07) is 4.68. The Labute approximate surface area is 102 Å². The highest BCUT2D eigenvalue weighted by molar-refractivity contribution is 5.28. The predicted octanol–water partition coefficient (Wildman–Crippen LogP) is 2.81. The highest BCUT2D eigenvalue weighted by Gasteiger charge is 2.15. The van der Waals surface area contributed by atoms with Crippen LogP contribution in [0.25, 0.3) is 0 Å². The van der Waals surface area contributed by atoms with Crippen molar-refractivity contribution in [1.82, 2.24) is 4.90 Å². The van der Waals surface area contributed by atoms with E-state index < -0.39 is 5.82 Å². The van der Waals surface area contributed by atoms with E-state index in [9.17, 15) is 4.39 Å². The summed E-state index contributed by atoms with van der Waals surface area (Å²) in [5, 5.41) is 9.12. The molecule has 1 atom stereocenters. The first-order chi connectivity index (χ1) is 8.15. The Morgan fingerprint density at radius 3 is 2.71 bits per heavy atom. The second kappa shape index (κ2) is 5.50. The number of rotatable bonds is 4. The van der Waals surface area contributed by atoms with Gasteiger partial charge in [0.05, 0.1) is 0 Å². The molecule has 0 saturated carbocycles. The van der Waals surface area contributed by atoms with Crippen LogP contribution >= 0.6 is 0 Å². The van der Waals surface area contributed by atoms with Crippen LogP contribution in [-0.2, 0) is 6.42 Å². The van der Waals surface area contributed by atoms with Gasteiger partial charge in [0.15, 0.2) is 11.6 Å². The molecule has 2 rings (SSSR count).